The van der Waals surface area contributed by atoms with Crippen LogP contribution in [0.1, 0.15) is 322 Å². The molecule has 0 bridgehead atoms. The molecule has 0 radical (unpaired) electrons. The molecule has 0 heterocycles. The zero-order chi connectivity index (χ0) is 63.3. The van der Waals surface area contributed by atoms with Crippen LogP contribution in [0.5, 0.6) is 0 Å². The van der Waals surface area contributed by atoms with Crippen molar-refractivity contribution in [3.8, 4) is 0 Å². The molecular formula is C78H138NO8+. The largest absolute Gasteiger partial charge is 0.477 e. The second kappa shape index (κ2) is 68.1. The zero-order valence-corrected chi connectivity index (χ0v) is 57.4. The van der Waals surface area contributed by atoms with Gasteiger partial charge < -0.3 is 28.5 Å². The van der Waals surface area contributed by atoms with E-state index < -0.39 is 24.3 Å². The Labute approximate surface area is 537 Å². The Morgan fingerprint density at radius 1 is 0.356 bits per heavy atom. The van der Waals surface area contributed by atoms with Crippen LogP contribution in [0.25, 0.3) is 0 Å². The second-order valence-corrected chi connectivity index (χ2v) is 25.5. The van der Waals surface area contributed by atoms with Crippen molar-refractivity contribution in [1.82, 2.24) is 0 Å². The standard InChI is InChI=1S/C78H137NO8/c1-6-8-10-12-14-16-18-20-22-24-26-28-30-32-34-35-36-37-38-39-40-41-43-45-47-49-51-53-55-57-59-61-63-65-67-69-76(81)87-74(73-86-78(77(82)83)84-71-70-79(3,4)5)72-85-75(80)68-66-64-62-60-58-56-54-52-50-48-46-44-42-33-31-29-27-25-23-21-19-17-15-13-11-9-7-2/h8,10,14,16,20,22,25-28,32,34,36-37,39-40,74,78H,6-7,9,11-13,15,17-19,21,23-24,29-31,33,35,38,41-73H2,1-5H3/p+1/b10-8-,16-14-,22-20-,27-25-,28-26-,34-32-,37-36-,40-39-. The minimum absolute atomic E-state index is 0.183. The molecule has 9 heteroatoms. The van der Waals surface area contributed by atoms with Crippen LogP contribution in [0.3, 0.4) is 0 Å². The third kappa shape index (κ3) is 69.5. The van der Waals surface area contributed by atoms with Gasteiger partial charge >= 0.3 is 17.9 Å². The lowest BCUT2D eigenvalue weighted by Crippen LogP contribution is -2.40. The minimum atomic E-state index is -1.51. The summed E-state index contributed by atoms with van der Waals surface area (Å²) >= 11 is 0. The smallest absolute Gasteiger partial charge is 0.361 e. The van der Waals surface area contributed by atoms with Crippen LogP contribution < -0.4 is 0 Å². The molecule has 0 aliphatic rings. The van der Waals surface area contributed by atoms with Crippen LogP contribution in [0.2, 0.25) is 0 Å². The average Bonchev–Trinajstić information content (AvgIpc) is 3.56. The first kappa shape index (κ1) is 83.2. The molecule has 0 aliphatic carbocycles. The average molecular weight is 1220 g/mol. The van der Waals surface area contributed by atoms with Gasteiger partial charge in [0, 0.05) is 12.8 Å². The number of hydrogen-bond donors (Lipinski definition) is 1. The molecule has 2 atom stereocenters. The molecule has 0 aromatic rings. The van der Waals surface area contributed by atoms with E-state index in [1.54, 1.807) is 0 Å². The summed E-state index contributed by atoms with van der Waals surface area (Å²) in [5.41, 5.74) is 0. The van der Waals surface area contributed by atoms with E-state index in [-0.39, 0.29) is 32.2 Å². The number of aliphatic carboxylic acids is 1. The van der Waals surface area contributed by atoms with Crippen LogP contribution in [0.4, 0.5) is 0 Å². The van der Waals surface area contributed by atoms with Crippen molar-refractivity contribution in [3.05, 3.63) is 97.2 Å². The first-order chi connectivity index (χ1) is 42.6. The van der Waals surface area contributed by atoms with Gasteiger partial charge in [0.15, 0.2) is 6.10 Å². The molecule has 0 rings (SSSR count). The lowest BCUT2D eigenvalue weighted by molar-refractivity contribution is -0.870. The zero-order valence-electron chi connectivity index (χ0n) is 57.4. The number of nitrogens with zero attached hydrogens (tertiary/aromatic N) is 1. The predicted molar refractivity (Wildman–Crippen MR) is 373 cm³/mol. The monoisotopic (exact) mass is 1220 g/mol. The van der Waals surface area contributed by atoms with E-state index in [2.05, 4.69) is 111 Å². The summed E-state index contributed by atoms with van der Waals surface area (Å²) in [5.74, 6) is -1.99. The molecule has 0 aromatic carbocycles. The van der Waals surface area contributed by atoms with Crippen molar-refractivity contribution >= 4 is 17.9 Å². The molecular weight excluding hydrogens is 1080 g/mol. The van der Waals surface area contributed by atoms with Crippen molar-refractivity contribution in [3.63, 3.8) is 0 Å². The van der Waals surface area contributed by atoms with Gasteiger partial charge in [-0.2, -0.15) is 0 Å². The van der Waals surface area contributed by atoms with Crippen molar-refractivity contribution < 1.29 is 42.9 Å². The summed E-state index contributed by atoms with van der Waals surface area (Å²) in [7, 11) is 5.98. The van der Waals surface area contributed by atoms with Gasteiger partial charge in [-0.3, -0.25) is 9.59 Å². The van der Waals surface area contributed by atoms with Crippen LogP contribution in [-0.4, -0.2) is 87.4 Å². The summed E-state index contributed by atoms with van der Waals surface area (Å²) < 4.78 is 23.0. The number of carboxylic acids is 1. The maximum atomic E-state index is 13.0. The molecule has 502 valence electrons. The lowest BCUT2D eigenvalue weighted by atomic mass is 10.0. The molecule has 0 aliphatic heterocycles. The quantitative estimate of drug-likeness (QED) is 0.0211. The molecule has 0 saturated carbocycles. The molecule has 0 fully saturated rings. The van der Waals surface area contributed by atoms with Gasteiger partial charge in [-0.25, -0.2) is 4.79 Å². The van der Waals surface area contributed by atoms with E-state index in [1.165, 1.54) is 205 Å². The van der Waals surface area contributed by atoms with Crippen molar-refractivity contribution in [2.24, 2.45) is 0 Å². The number of ether oxygens (including phenoxy) is 4. The van der Waals surface area contributed by atoms with Crippen molar-refractivity contribution in [2.45, 2.75) is 334 Å². The van der Waals surface area contributed by atoms with Crippen LogP contribution in [-0.2, 0) is 33.3 Å². The fourth-order valence-electron chi connectivity index (χ4n) is 10.3. The van der Waals surface area contributed by atoms with Gasteiger partial charge in [0.05, 0.1) is 34.4 Å². The van der Waals surface area contributed by atoms with Crippen molar-refractivity contribution in [1.29, 1.82) is 0 Å². The molecule has 9 nitrogen and oxygen atoms in total. The predicted octanol–water partition coefficient (Wildman–Crippen LogP) is 22.8. The Morgan fingerprint density at radius 3 is 0.989 bits per heavy atom. The van der Waals surface area contributed by atoms with Gasteiger partial charge in [0.25, 0.3) is 6.29 Å². The Hall–Kier alpha value is -3.79. The van der Waals surface area contributed by atoms with E-state index in [9.17, 15) is 19.5 Å². The molecule has 1 N–H and O–H groups in total. The number of esters is 2. The number of rotatable bonds is 67. The summed E-state index contributed by atoms with van der Waals surface area (Å²) in [6.45, 7) is 4.80. The summed E-state index contributed by atoms with van der Waals surface area (Å²) in [5, 5.41) is 9.76. The number of allylic oxidation sites excluding steroid dienone is 16. The first-order valence-corrected chi connectivity index (χ1v) is 36.4. The maximum absolute atomic E-state index is 13.0. The molecule has 0 amide bonds. The second-order valence-electron chi connectivity index (χ2n) is 25.5. The number of likely N-dealkylation sites (N-methyl/N-ethyl adjacent to an activating group) is 1. The number of carbonyl (C=O) groups is 3. The number of carbonyl (C=O) groups excluding carboxylic acids is 2. The highest BCUT2D eigenvalue weighted by Gasteiger charge is 2.25. The fourth-order valence-corrected chi connectivity index (χ4v) is 10.3. The van der Waals surface area contributed by atoms with Gasteiger partial charge in [0.2, 0.25) is 0 Å². The van der Waals surface area contributed by atoms with E-state index >= 15 is 0 Å². The maximum Gasteiger partial charge on any atom is 0.361 e. The number of hydrogen-bond acceptors (Lipinski definition) is 7. The molecule has 0 saturated heterocycles. The highest BCUT2D eigenvalue weighted by molar-refractivity contribution is 5.71. The van der Waals surface area contributed by atoms with Gasteiger partial charge in [0.1, 0.15) is 13.2 Å². The van der Waals surface area contributed by atoms with E-state index in [4.69, 9.17) is 18.9 Å². The summed E-state index contributed by atoms with van der Waals surface area (Å²) in [4.78, 5) is 37.7. The molecule has 0 spiro atoms. The Bertz CT molecular complexity index is 1750. The van der Waals surface area contributed by atoms with Crippen molar-refractivity contribution in [2.75, 3.05) is 47.5 Å². The summed E-state index contributed by atoms with van der Waals surface area (Å²) in [6, 6.07) is 0. The van der Waals surface area contributed by atoms with E-state index in [1.807, 2.05) is 21.1 Å². The molecule has 0 aromatic heterocycles. The normalized spacial score (nSPS) is 13.3. The summed E-state index contributed by atoms with van der Waals surface area (Å²) in [6.07, 6.45) is 91.0. The van der Waals surface area contributed by atoms with Crippen LogP contribution in [0.15, 0.2) is 97.2 Å². The Balaban J connectivity index is 4.10. The Morgan fingerprint density at radius 2 is 0.655 bits per heavy atom. The van der Waals surface area contributed by atoms with E-state index in [0.717, 1.165) is 89.9 Å². The number of unbranched alkanes of at least 4 members (excludes halogenated alkanes) is 36. The topological polar surface area (TPSA) is 108 Å². The first-order valence-electron chi connectivity index (χ1n) is 36.4. The number of quaternary nitrogens is 1. The van der Waals surface area contributed by atoms with Gasteiger partial charge in [-0.15, -0.1) is 0 Å². The third-order valence-electron chi connectivity index (χ3n) is 15.8. The fraction of sp³-hybridized carbons (Fsp3) is 0.756. The Kier molecular flexibility index (Phi) is 65.2. The molecule has 87 heavy (non-hydrogen) atoms. The van der Waals surface area contributed by atoms with E-state index in [0.29, 0.717) is 17.4 Å². The van der Waals surface area contributed by atoms with Crippen LogP contribution >= 0.6 is 0 Å². The van der Waals surface area contributed by atoms with Gasteiger partial charge in [-0.1, -0.05) is 310 Å². The SMILES string of the molecule is CC/C=C\C/C=C\C/C=C\C/C=C\C/C=C\C/C=C\C/C=C\CCCCCCCCCCCCCCCC(=O)OC(COC(=O)CCCCCCCCCCCCCCCCC/C=C\CCCCCCCCCC)COC(OCC[N+](C)(C)C)C(=O)O. The lowest BCUT2D eigenvalue weighted by Gasteiger charge is -2.25. The van der Waals surface area contributed by atoms with Crippen LogP contribution in [0, 0.1) is 0 Å². The van der Waals surface area contributed by atoms with Gasteiger partial charge in [-0.05, 0) is 96.3 Å². The molecule has 2 unspecified atom stereocenters. The minimum Gasteiger partial charge on any atom is -0.477 e. The highest BCUT2D eigenvalue weighted by atomic mass is 16.7. The number of carboxylic acid groups (broad SMARTS) is 1. The third-order valence-corrected chi connectivity index (χ3v) is 15.8. The highest BCUT2D eigenvalue weighted by Crippen LogP contribution is 2.18.